The van der Waals surface area contributed by atoms with Gasteiger partial charge in [0.2, 0.25) is 5.88 Å². The number of hydrogen-bond acceptors (Lipinski definition) is 6. The lowest BCUT2D eigenvalue weighted by molar-refractivity contribution is -0.133. The number of esters is 1. The first-order valence-corrected chi connectivity index (χ1v) is 7.88. The van der Waals surface area contributed by atoms with Crippen molar-refractivity contribution < 1.29 is 32.3 Å². The molecule has 1 aromatic heterocycles. The average Bonchev–Trinajstić information content (AvgIpc) is 2.82. The van der Waals surface area contributed by atoms with Gasteiger partial charge in [0.15, 0.2) is 0 Å². The van der Waals surface area contributed by atoms with Crippen LogP contribution in [0.2, 0.25) is 10.0 Å². The molecule has 2 rings (SSSR count). The summed E-state index contributed by atoms with van der Waals surface area (Å²) >= 11 is 12.0. The Labute approximate surface area is 161 Å². The summed E-state index contributed by atoms with van der Waals surface area (Å²) in [6.07, 6.45) is 0. The standard InChI is InChI=1S/C15H12Cl2F3N3O4/c1-6(24)26-13(22-25-3)7-4-8(10(18)5-9(7)16)12-11(17)14(23(2)21-12)27-15(19)20/h4-5,15H,1-3H3. The van der Waals surface area contributed by atoms with Gasteiger partial charge in [-0.25, -0.2) is 9.07 Å². The molecule has 0 aliphatic carbocycles. The zero-order valence-electron chi connectivity index (χ0n) is 14.1. The summed E-state index contributed by atoms with van der Waals surface area (Å²) in [4.78, 5) is 15.8. The molecule has 1 heterocycles. The Bertz CT molecular complexity index is 903. The Morgan fingerprint density at radius 2 is 2.00 bits per heavy atom. The second-order valence-corrected chi connectivity index (χ2v) is 5.74. The summed E-state index contributed by atoms with van der Waals surface area (Å²) in [5.41, 5.74) is -0.414. The van der Waals surface area contributed by atoms with Crippen molar-refractivity contribution in [2.24, 2.45) is 12.2 Å². The fraction of sp³-hybridized carbons (Fsp3) is 0.267. The van der Waals surface area contributed by atoms with Gasteiger partial charge >= 0.3 is 12.6 Å². The minimum atomic E-state index is -3.15. The van der Waals surface area contributed by atoms with Gasteiger partial charge in [0, 0.05) is 19.5 Å². The SMILES string of the molecule is CON=C(OC(C)=O)c1cc(-c2nn(C)c(OC(F)F)c2Cl)c(F)cc1Cl. The number of benzene rings is 1. The Balaban J connectivity index is 2.63. The van der Waals surface area contributed by atoms with E-state index in [1.165, 1.54) is 14.2 Å². The van der Waals surface area contributed by atoms with Crippen LogP contribution in [0.1, 0.15) is 12.5 Å². The van der Waals surface area contributed by atoms with Gasteiger partial charge in [0.25, 0.3) is 5.90 Å². The molecule has 146 valence electrons. The van der Waals surface area contributed by atoms with Crippen LogP contribution in [0.5, 0.6) is 5.88 Å². The average molecular weight is 426 g/mol. The number of carbonyl (C=O) groups is 1. The molecule has 0 spiro atoms. The molecule has 0 unspecified atom stereocenters. The molecule has 7 nitrogen and oxygen atoms in total. The lowest BCUT2D eigenvalue weighted by Gasteiger charge is -2.10. The Morgan fingerprint density at radius 1 is 1.33 bits per heavy atom. The molecule has 0 saturated heterocycles. The minimum Gasteiger partial charge on any atom is -0.416 e. The molecule has 2 aromatic rings. The van der Waals surface area contributed by atoms with E-state index in [2.05, 4.69) is 19.8 Å². The van der Waals surface area contributed by atoms with Gasteiger partial charge in [0.1, 0.15) is 23.6 Å². The number of halogens is 5. The van der Waals surface area contributed by atoms with Crippen molar-refractivity contribution in [1.82, 2.24) is 9.78 Å². The number of oxime groups is 1. The number of aromatic nitrogens is 2. The van der Waals surface area contributed by atoms with Crippen molar-refractivity contribution in [2.45, 2.75) is 13.5 Å². The van der Waals surface area contributed by atoms with E-state index in [0.29, 0.717) is 0 Å². The summed E-state index contributed by atoms with van der Waals surface area (Å²) in [7, 11) is 2.49. The maximum atomic E-state index is 14.5. The molecule has 12 heteroatoms. The molecule has 1 aromatic carbocycles. The van der Waals surface area contributed by atoms with E-state index in [4.69, 9.17) is 27.9 Å². The number of carbonyl (C=O) groups excluding carboxylic acids is 1. The fourth-order valence-corrected chi connectivity index (χ4v) is 2.64. The van der Waals surface area contributed by atoms with Gasteiger partial charge < -0.3 is 14.3 Å². The molecular formula is C15H12Cl2F3N3O4. The first kappa shape index (κ1) is 20.8. The fourth-order valence-electron chi connectivity index (χ4n) is 2.10. The molecular weight excluding hydrogens is 414 g/mol. The molecule has 0 aliphatic heterocycles. The van der Waals surface area contributed by atoms with Gasteiger partial charge in [-0.05, 0) is 17.3 Å². The molecule has 0 amide bonds. The van der Waals surface area contributed by atoms with Crippen molar-refractivity contribution in [2.75, 3.05) is 7.11 Å². The third kappa shape index (κ3) is 4.64. The van der Waals surface area contributed by atoms with Gasteiger partial charge in [-0.2, -0.15) is 13.9 Å². The second kappa shape index (κ2) is 8.49. The smallest absolute Gasteiger partial charge is 0.388 e. The van der Waals surface area contributed by atoms with Crippen LogP contribution in [0.3, 0.4) is 0 Å². The molecule has 0 fully saturated rings. The normalized spacial score (nSPS) is 11.7. The largest absolute Gasteiger partial charge is 0.416 e. The maximum absolute atomic E-state index is 14.5. The van der Waals surface area contributed by atoms with Crippen LogP contribution in [0.15, 0.2) is 17.3 Å². The zero-order valence-corrected chi connectivity index (χ0v) is 15.6. The highest BCUT2D eigenvalue weighted by Gasteiger charge is 2.25. The van der Waals surface area contributed by atoms with Crippen LogP contribution in [0, 0.1) is 5.82 Å². The van der Waals surface area contributed by atoms with E-state index >= 15 is 0 Å². The predicted molar refractivity (Wildman–Crippen MR) is 90.6 cm³/mol. The number of ether oxygens (including phenoxy) is 2. The van der Waals surface area contributed by atoms with E-state index in [0.717, 1.165) is 23.7 Å². The first-order valence-electron chi connectivity index (χ1n) is 7.12. The van der Waals surface area contributed by atoms with Crippen molar-refractivity contribution in [3.05, 3.63) is 33.6 Å². The molecule has 27 heavy (non-hydrogen) atoms. The third-order valence-corrected chi connectivity index (χ3v) is 3.75. The van der Waals surface area contributed by atoms with Crippen LogP contribution in [-0.4, -0.2) is 35.4 Å². The van der Waals surface area contributed by atoms with Gasteiger partial charge in [-0.1, -0.05) is 23.2 Å². The van der Waals surface area contributed by atoms with Crippen molar-refractivity contribution in [3.63, 3.8) is 0 Å². The number of rotatable bonds is 5. The summed E-state index contributed by atoms with van der Waals surface area (Å²) in [5.74, 6) is -2.38. The van der Waals surface area contributed by atoms with Crippen LogP contribution in [0.25, 0.3) is 11.3 Å². The van der Waals surface area contributed by atoms with Crippen LogP contribution >= 0.6 is 23.2 Å². The highest BCUT2D eigenvalue weighted by atomic mass is 35.5. The second-order valence-electron chi connectivity index (χ2n) is 4.95. The van der Waals surface area contributed by atoms with E-state index in [1.807, 2.05) is 0 Å². The summed E-state index contributed by atoms with van der Waals surface area (Å²) < 4.78 is 49.6. The van der Waals surface area contributed by atoms with E-state index in [9.17, 15) is 18.0 Å². The van der Waals surface area contributed by atoms with Gasteiger partial charge in [-0.15, -0.1) is 0 Å². The first-order chi connectivity index (χ1) is 12.6. The Kier molecular flexibility index (Phi) is 6.55. The van der Waals surface area contributed by atoms with Crippen LogP contribution in [0.4, 0.5) is 13.2 Å². The van der Waals surface area contributed by atoms with Crippen LogP contribution < -0.4 is 4.74 Å². The number of hydrogen-bond donors (Lipinski definition) is 0. The topological polar surface area (TPSA) is 74.9 Å². The van der Waals surface area contributed by atoms with E-state index < -0.39 is 24.3 Å². The van der Waals surface area contributed by atoms with Gasteiger partial charge in [0.05, 0.1) is 10.6 Å². The molecule has 0 atom stereocenters. The van der Waals surface area contributed by atoms with Crippen molar-refractivity contribution in [1.29, 1.82) is 0 Å². The molecule has 0 radical (unpaired) electrons. The third-order valence-electron chi connectivity index (χ3n) is 3.10. The zero-order chi connectivity index (χ0) is 20.3. The molecule has 0 saturated carbocycles. The Morgan fingerprint density at radius 3 is 2.56 bits per heavy atom. The number of nitrogens with zero attached hydrogens (tertiary/aromatic N) is 3. The van der Waals surface area contributed by atoms with E-state index in [1.54, 1.807) is 0 Å². The predicted octanol–water partition coefficient (Wildman–Crippen LogP) is 4.01. The lowest BCUT2D eigenvalue weighted by atomic mass is 10.1. The van der Waals surface area contributed by atoms with Gasteiger partial charge in [-0.3, -0.25) is 4.79 Å². The van der Waals surface area contributed by atoms with Crippen molar-refractivity contribution in [3.8, 4) is 17.1 Å². The monoisotopic (exact) mass is 425 g/mol. The quantitative estimate of drug-likeness (QED) is 0.313. The van der Waals surface area contributed by atoms with Crippen molar-refractivity contribution >= 4 is 35.1 Å². The lowest BCUT2D eigenvalue weighted by Crippen LogP contribution is -2.12. The summed E-state index contributed by atoms with van der Waals surface area (Å²) in [5, 5.41) is 6.93. The minimum absolute atomic E-state index is 0.0110. The highest BCUT2D eigenvalue weighted by molar-refractivity contribution is 6.35. The molecule has 0 bridgehead atoms. The van der Waals surface area contributed by atoms with Crippen LogP contribution in [-0.2, 0) is 21.4 Å². The number of aryl methyl sites for hydroxylation is 1. The highest BCUT2D eigenvalue weighted by Crippen LogP contribution is 2.38. The maximum Gasteiger partial charge on any atom is 0.388 e. The molecule has 0 N–H and O–H groups in total. The molecule has 0 aliphatic rings. The number of alkyl halides is 2. The summed E-state index contributed by atoms with van der Waals surface area (Å²) in [6.45, 7) is -2.03. The summed E-state index contributed by atoms with van der Waals surface area (Å²) in [6, 6.07) is 2.04. The van der Waals surface area contributed by atoms with E-state index in [-0.39, 0.29) is 32.8 Å². The Hall–Kier alpha value is -2.46.